The van der Waals surface area contributed by atoms with Crippen LogP contribution in [0.3, 0.4) is 0 Å². The number of carbonyl (C=O) groups excluding carboxylic acids is 1. The molecule has 49 heavy (non-hydrogen) atoms. The Morgan fingerprint density at radius 3 is 2.43 bits per heavy atom. The molecule has 3 aromatic rings. The number of nitrogens with two attached hydrogens (primary N) is 1. The highest BCUT2D eigenvalue weighted by molar-refractivity contribution is 5.89. The molecule has 0 radical (unpaired) electrons. The fourth-order valence-corrected chi connectivity index (χ4v) is 5.78. The van der Waals surface area contributed by atoms with Crippen molar-refractivity contribution in [2.75, 3.05) is 96.2 Å². The van der Waals surface area contributed by atoms with Crippen molar-refractivity contribution >= 4 is 28.8 Å². The van der Waals surface area contributed by atoms with Crippen LogP contribution in [-0.4, -0.2) is 118 Å². The predicted octanol–water partition coefficient (Wildman–Crippen LogP) is 4.27. The number of aldehydes is 1. The second-order valence-electron chi connectivity index (χ2n) is 12.4. The average Bonchev–Trinajstić information content (AvgIpc) is 3.14. The van der Waals surface area contributed by atoms with Crippen molar-refractivity contribution in [2.24, 2.45) is 5.73 Å². The highest BCUT2D eigenvalue weighted by Crippen LogP contribution is 2.21. The second-order valence-corrected chi connectivity index (χ2v) is 12.4. The molecular weight excluding hydrogens is 622 g/mol. The molecule has 12 heteroatoms. The van der Waals surface area contributed by atoms with E-state index in [4.69, 9.17) is 29.7 Å². The third-order valence-electron chi connectivity index (χ3n) is 8.53. The van der Waals surface area contributed by atoms with E-state index >= 15 is 0 Å². The SMILES string of the molecule is NCCOCCOCCOCCCCCOCCN(CCCCc1ccc2c(n1)NCCC2)CCC(C=O)Nc1ncnc2ccccc12. The number of benzene rings is 1. The predicted molar refractivity (Wildman–Crippen MR) is 194 cm³/mol. The van der Waals surface area contributed by atoms with Gasteiger partial charge in [-0.2, -0.15) is 0 Å². The summed E-state index contributed by atoms with van der Waals surface area (Å²) in [6.07, 6.45) is 11.6. The second kappa shape index (κ2) is 24.0. The van der Waals surface area contributed by atoms with E-state index in [1.165, 1.54) is 18.3 Å². The number of nitrogens with zero attached hydrogens (tertiary/aromatic N) is 4. The molecule has 0 aliphatic carbocycles. The van der Waals surface area contributed by atoms with Gasteiger partial charge in [0.15, 0.2) is 0 Å². The number of hydrogen-bond donors (Lipinski definition) is 3. The Kier molecular flexibility index (Phi) is 18.9. The van der Waals surface area contributed by atoms with Gasteiger partial charge in [0.25, 0.3) is 0 Å². The summed E-state index contributed by atoms with van der Waals surface area (Å²) in [7, 11) is 0. The normalized spacial score (nSPS) is 13.3. The Morgan fingerprint density at radius 2 is 1.61 bits per heavy atom. The van der Waals surface area contributed by atoms with E-state index in [9.17, 15) is 4.79 Å². The topological polar surface area (TPSA) is 146 Å². The first-order valence-corrected chi connectivity index (χ1v) is 18.1. The largest absolute Gasteiger partial charge is 0.380 e. The number of fused-ring (bicyclic) bond motifs is 2. The van der Waals surface area contributed by atoms with E-state index in [1.54, 1.807) is 0 Å². The van der Waals surface area contributed by atoms with Crippen molar-refractivity contribution in [3.8, 4) is 0 Å². The van der Waals surface area contributed by atoms with Crippen LogP contribution in [0.15, 0.2) is 42.7 Å². The highest BCUT2D eigenvalue weighted by Gasteiger charge is 2.14. The number of carbonyl (C=O) groups is 1. The molecule has 0 amide bonds. The van der Waals surface area contributed by atoms with Gasteiger partial charge in [0.1, 0.15) is 24.2 Å². The number of pyridine rings is 1. The number of nitrogens with one attached hydrogen (secondary N) is 2. The Balaban J connectivity index is 1.14. The maximum atomic E-state index is 12.1. The van der Waals surface area contributed by atoms with Gasteiger partial charge >= 0.3 is 0 Å². The third-order valence-corrected chi connectivity index (χ3v) is 8.53. The zero-order valence-corrected chi connectivity index (χ0v) is 29.2. The maximum absolute atomic E-state index is 12.1. The zero-order chi connectivity index (χ0) is 34.2. The van der Waals surface area contributed by atoms with Gasteiger partial charge in [0.2, 0.25) is 0 Å². The van der Waals surface area contributed by atoms with E-state index in [0.29, 0.717) is 58.4 Å². The molecule has 1 atom stereocenters. The third kappa shape index (κ3) is 15.0. The standard InChI is InChI=1S/C37H57N7O5/c38-16-23-48-26-28-49-27-25-47-22-7-1-6-21-46-24-20-44(18-5-4-10-32-14-13-31-9-8-17-39-36(31)42-32)19-15-33(29-45)43-37-34-11-2-3-12-35(34)40-30-41-37/h2-3,11-14,29-30,33H,1,4-10,15-28,38H2,(H,39,42)(H,40,41,43). The quantitative estimate of drug-likeness (QED) is 0.0744. The van der Waals surface area contributed by atoms with Gasteiger partial charge in [-0.05, 0) is 88.1 Å². The molecule has 2 aromatic heterocycles. The molecule has 1 aromatic carbocycles. The van der Waals surface area contributed by atoms with Gasteiger partial charge in [-0.3, -0.25) is 0 Å². The lowest BCUT2D eigenvalue weighted by Crippen LogP contribution is -2.34. The van der Waals surface area contributed by atoms with Crippen molar-refractivity contribution in [3.63, 3.8) is 0 Å². The molecule has 3 heterocycles. The Bertz CT molecular complexity index is 1330. The van der Waals surface area contributed by atoms with Crippen molar-refractivity contribution in [1.82, 2.24) is 19.9 Å². The summed E-state index contributed by atoms with van der Waals surface area (Å²) in [5, 5.41) is 7.70. The fourth-order valence-electron chi connectivity index (χ4n) is 5.78. The van der Waals surface area contributed by atoms with Crippen LogP contribution >= 0.6 is 0 Å². The molecule has 1 aliphatic rings. The van der Waals surface area contributed by atoms with Gasteiger partial charge in [0, 0.05) is 50.5 Å². The number of para-hydroxylation sites is 1. The Hall–Kier alpha value is -3.26. The van der Waals surface area contributed by atoms with Gasteiger partial charge in [-0.15, -0.1) is 0 Å². The fraction of sp³-hybridized carbons (Fsp3) is 0.622. The summed E-state index contributed by atoms with van der Waals surface area (Å²) in [6, 6.07) is 11.9. The van der Waals surface area contributed by atoms with E-state index in [1.807, 2.05) is 24.3 Å². The van der Waals surface area contributed by atoms with E-state index in [-0.39, 0.29) is 6.04 Å². The molecule has 12 nitrogen and oxygen atoms in total. The number of aryl methyl sites for hydroxylation is 2. The lowest BCUT2D eigenvalue weighted by atomic mass is 10.1. The number of aromatic nitrogens is 3. The van der Waals surface area contributed by atoms with E-state index in [2.05, 4.69) is 37.6 Å². The van der Waals surface area contributed by atoms with Gasteiger partial charge in [-0.25, -0.2) is 15.0 Å². The van der Waals surface area contributed by atoms with Crippen LogP contribution in [0.5, 0.6) is 0 Å². The summed E-state index contributed by atoms with van der Waals surface area (Å²) >= 11 is 0. The number of ether oxygens (including phenoxy) is 4. The molecule has 4 N–H and O–H groups in total. The smallest absolute Gasteiger partial charge is 0.142 e. The van der Waals surface area contributed by atoms with Gasteiger partial charge < -0.3 is 45.0 Å². The monoisotopic (exact) mass is 679 g/mol. The average molecular weight is 680 g/mol. The van der Waals surface area contributed by atoms with Crippen LogP contribution in [0.25, 0.3) is 10.9 Å². The van der Waals surface area contributed by atoms with Crippen LogP contribution in [-0.2, 0) is 36.6 Å². The van der Waals surface area contributed by atoms with Crippen molar-refractivity contribution < 1.29 is 23.7 Å². The van der Waals surface area contributed by atoms with Gasteiger partial charge in [0.05, 0.1) is 51.2 Å². The molecule has 1 aliphatic heterocycles. The molecule has 0 spiro atoms. The number of unbranched alkanes of at least 4 members (excludes halogenated alkanes) is 3. The van der Waals surface area contributed by atoms with Gasteiger partial charge in [-0.1, -0.05) is 18.2 Å². The molecule has 0 fully saturated rings. The van der Waals surface area contributed by atoms with Crippen molar-refractivity contribution in [2.45, 2.75) is 63.8 Å². The summed E-state index contributed by atoms with van der Waals surface area (Å²) in [5.41, 5.74) is 8.71. The molecule has 0 bridgehead atoms. The van der Waals surface area contributed by atoms with Crippen molar-refractivity contribution in [3.05, 3.63) is 54.0 Å². The number of hydrogen-bond acceptors (Lipinski definition) is 12. The summed E-state index contributed by atoms with van der Waals surface area (Å²) in [5.74, 6) is 1.75. The molecule has 270 valence electrons. The lowest BCUT2D eigenvalue weighted by molar-refractivity contribution is -0.108. The summed E-state index contributed by atoms with van der Waals surface area (Å²) < 4.78 is 22.4. The van der Waals surface area contributed by atoms with Crippen LogP contribution in [0, 0.1) is 0 Å². The Morgan fingerprint density at radius 1 is 0.837 bits per heavy atom. The van der Waals surface area contributed by atoms with E-state index < -0.39 is 0 Å². The Labute approximate surface area is 291 Å². The first-order chi connectivity index (χ1) is 24.3. The minimum absolute atomic E-state index is 0.349. The highest BCUT2D eigenvalue weighted by atomic mass is 16.5. The zero-order valence-electron chi connectivity index (χ0n) is 29.2. The maximum Gasteiger partial charge on any atom is 0.142 e. The molecular formula is C37H57N7O5. The number of rotatable bonds is 28. The van der Waals surface area contributed by atoms with Crippen molar-refractivity contribution in [1.29, 1.82) is 0 Å². The first kappa shape index (κ1) is 38.5. The van der Waals surface area contributed by atoms with E-state index in [0.717, 1.165) is 113 Å². The molecule has 0 saturated carbocycles. The molecule has 4 rings (SSSR count). The first-order valence-electron chi connectivity index (χ1n) is 18.1. The van der Waals surface area contributed by atoms with Crippen LogP contribution < -0.4 is 16.4 Å². The minimum atomic E-state index is -0.349. The van der Waals surface area contributed by atoms with Crippen LogP contribution in [0.2, 0.25) is 0 Å². The molecule has 0 saturated heterocycles. The lowest BCUT2D eigenvalue weighted by Gasteiger charge is -2.24. The number of anilines is 2. The summed E-state index contributed by atoms with van der Waals surface area (Å²) in [6.45, 7) is 9.09. The minimum Gasteiger partial charge on any atom is -0.380 e. The van der Waals surface area contributed by atoms with Crippen LogP contribution in [0.4, 0.5) is 11.6 Å². The van der Waals surface area contributed by atoms with Crippen LogP contribution in [0.1, 0.15) is 56.2 Å². The molecule has 1 unspecified atom stereocenters. The summed E-state index contributed by atoms with van der Waals surface area (Å²) in [4.78, 5) is 28.1.